The second-order valence-electron chi connectivity index (χ2n) is 7.17. The molecule has 2 aliphatic rings. The molecule has 0 aliphatic carbocycles. The molecule has 28 heavy (non-hydrogen) atoms. The summed E-state index contributed by atoms with van der Waals surface area (Å²) < 4.78 is 37.9. The molecule has 8 nitrogen and oxygen atoms in total. The van der Waals surface area contributed by atoms with E-state index in [2.05, 4.69) is 10.9 Å². The number of piperidine rings is 1. The molecule has 4 N–H and O–H groups in total. The first-order chi connectivity index (χ1) is 13.1. The molecule has 2 fully saturated rings. The van der Waals surface area contributed by atoms with Crippen LogP contribution in [0.4, 0.5) is 13.2 Å². The maximum atomic E-state index is 12.6. The molecule has 0 radical (unpaired) electrons. The van der Waals surface area contributed by atoms with Crippen LogP contribution in [0, 0.1) is 5.92 Å². The molecule has 3 heterocycles. The van der Waals surface area contributed by atoms with Crippen LogP contribution in [0.2, 0.25) is 0 Å². The Morgan fingerprint density at radius 3 is 2.43 bits per heavy atom. The molecular weight excluding hydrogens is 381 g/mol. The minimum atomic E-state index is -4.68. The number of hydrogen-bond donors (Lipinski definition) is 4. The van der Waals surface area contributed by atoms with Crippen molar-refractivity contribution in [2.45, 2.75) is 43.9 Å². The van der Waals surface area contributed by atoms with E-state index >= 15 is 0 Å². The third kappa shape index (κ3) is 4.53. The summed E-state index contributed by atoms with van der Waals surface area (Å²) in [6.45, 7) is 0.761. The third-order valence-corrected chi connectivity index (χ3v) is 5.27. The summed E-state index contributed by atoms with van der Waals surface area (Å²) in [6, 6.07) is 1.55. The number of aromatic amines is 1. The highest BCUT2D eigenvalue weighted by molar-refractivity contribution is 5.93. The van der Waals surface area contributed by atoms with Gasteiger partial charge >= 0.3 is 12.1 Å². The molecule has 1 aromatic heterocycles. The number of carboxylic acids is 1. The van der Waals surface area contributed by atoms with Crippen LogP contribution >= 0.6 is 0 Å². The molecule has 2 atom stereocenters. The highest BCUT2D eigenvalue weighted by Crippen LogP contribution is 2.28. The van der Waals surface area contributed by atoms with E-state index in [1.54, 1.807) is 4.98 Å². The van der Waals surface area contributed by atoms with Gasteiger partial charge in [-0.15, -0.1) is 0 Å². The fourth-order valence-corrected chi connectivity index (χ4v) is 3.79. The zero-order chi connectivity index (χ0) is 20.5. The van der Waals surface area contributed by atoms with Crippen molar-refractivity contribution in [1.29, 1.82) is 0 Å². The van der Waals surface area contributed by atoms with E-state index in [-0.39, 0.29) is 30.0 Å². The zero-order valence-electron chi connectivity index (χ0n) is 14.9. The number of carboxylic acid groups (broad SMARTS) is 1. The Morgan fingerprint density at radius 2 is 1.86 bits per heavy atom. The van der Waals surface area contributed by atoms with Gasteiger partial charge in [-0.25, -0.2) is 0 Å². The van der Waals surface area contributed by atoms with Gasteiger partial charge in [-0.1, -0.05) is 0 Å². The van der Waals surface area contributed by atoms with Crippen LogP contribution < -0.4 is 16.4 Å². The number of likely N-dealkylation sites (tertiary alicyclic amines) is 1. The maximum Gasteiger partial charge on any atom is 0.431 e. The van der Waals surface area contributed by atoms with Gasteiger partial charge in [0, 0.05) is 25.2 Å². The SMILES string of the molecule is O=C(O)CC1CC(C2CCN(C(=O)c3ccc(C(F)(F)F)[nH]c3=O)CC2)NN1. The van der Waals surface area contributed by atoms with Gasteiger partial charge in [0.2, 0.25) is 0 Å². The second kappa shape index (κ2) is 7.92. The molecule has 0 spiro atoms. The standard InChI is InChI=1S/C17H21F3N4O4/c18-17(19,20)13-2-1-11(15(27)21-13)16(28)24-5-3-9(4-6-24)12-7-10(22-23-12)8-14(25)26/h1-2,9-10,12,22-23H,3-8H2,(H,21,27)(H,25,26). The number of nitrogens with zero attached hydrogens (tertiary/aromatic N) is 1. The van der Waals surface area contributed by atoms with Crippen LogP contribution in [-0.4, -0.2) is 52.0 Å². The molecule has 11 heteroatoms. The van der Waals surface area contributed by atoms with E-state index in [0.29, 0.717) is 38.4 Å². The Kier molecular flexibility index (Phi) is 5.75. The Bertz CT molecular complexity index is 802. The number of halogens is 3. The molecule has 2 aliphatic heterocycles. The quantitative estimate of drug-likeness (QED) is 0.597. The van der Waals surface area contributed by atoms with Crippen molar-refractivity contribution < 1.29 is 27.9 Å². The number of aliphatic carboxylic acids is 1. The number of carbonyl (C=O) groups excluding carboxylic acids is 1. The topological polar surface area (TPSA) is 115 Å². The minimum Gasteiger partial charge on any atom is -0.481 e. The summed E-state index contributed by atoms with van der Waals surface area (Å²) in [5, 5.41) is 8.86. The Labute approximate surface area is 158 Å². The van der Waals surface area contributed by atoms with Gasteiger partial charge in [0.1, 0.15) is 11.3 Å². The lowest BCUT2D eigenvalue weighted by atomic mass is 9.87. The van der Waals surface area contributed by atoms with Gasteiger partial charge < -0.3 is 15.0 Å². The fourth-order valence-electron chi connectivity index (χ4n) is 3.79. The van der Waals surface area contributed by atoms with Gasteiger partial charge in [0.25, 0.3) is 11.5 Å². The number of nitrogens with one attached hydrogen (secondary N) is 3. The number of alkyl halides is 3. The lowest BCUT2D eigenvalue weighted by Crippen LogP contribution is -2.45. The van der Waals surface area contributed by atoms with Gasteiger partial charge in [0.15, 0.2) is 0 Å². The highest BCUT2D eigenvalue weighted by Gasteiger charge is 2.35. The lowest BCUT2D eigenvalue weighted by Gasteiger charge is -2.34. The van der Waals surface area contributed by atoms with Crippen LogP contribution in [0.25, 0.3) is 0 Å². The van der Waals surface area contributed by atoms with E-state index in [4.69, 9.17) is 5.11 Å². The molecule has 1 aromatic rings. The number of H-pyrrole nitrogens is 1. The molecule has 0 aromatic carbocycles. The summed E-state index contributed by atoms with van der Waals surface area (Å²) >= 11 is 0. The summed E-state index contributed by atoms with van der Waals surface area (Å²) in [4.78, 5) is 38.4. The molecular formula is C17H21F3N4O4. The first-order valence-electron chi connectivity index (χ1n) is 8.98. The average Bonchev–Trinajstić information content (AvgIpc) is 3.08. The van der Waals surface area contributed by atoms with E-state index in [1.165, 1.54) is 4.90 Å². The first-order valence-corrected chi connectivity index (χ1v) is 8.98. The van der Waals surface area contributed by atoms with Gasteiger partial charge in [-0.05, 0) is 37.3 Å². The number of hydrogen-bond acceptors (Lipinski definition) is 5. The Balaban J connectivity index is 1.57. The van der Waals surface area contributed by atoms with E-state index in [0.717, 1.165) is 6.07 Å². The van der Waals surface area contributed by atoms with Crippen molar-refractivity contribution in [2.24, 2.45) is 5.92 Å². The Hall–Kier alpha value is -2.40. The first kappa shape index (κ1) is 20.3. The highest BCUT2D eigenvalue weighted by atomic mass is 19.4. The van der Waals surface area contributed by atoms with Crippen molar-refractivity contribution in [1.82, 2.24) is 20.7 Å². The second-order valence-corrected chi connectivity index (χ2v) is 7.17. The van der Waals surface area contributed by atoms with E-state index < -0.39 is 29.3 Å². The molecule has 0 bridgehead atoms. The van der Waals surface area contributed by atoms with Gasteiger partial charge in [-0.3, -0.25) is 25.2 Å². The van der Waals surface area contributed by atoms with Crippen LogP contribution in [0.15, 0.2) is 16.9 Å². The molecule has 0 saturated carbocycles. The summed E-state index contributed by atoms with van der Waals surface area (Å²) in [6.07, 6.45) is -2.67. The van der Waals surface area contributed by atoms with Crippen molar-refractivity contribution >= 4 is 11.9 Å². The molecule has 3 rings (SSSR count). The van der Waals surface area contributed by atoms with Gasteiger partial charge in [-0.2, -0.15) is 13.2 Å². The number of carbonyl (C=O) groups is 2. The smallest absolute Gasteiger partial charge is 0.431 e. The lowest BCUT2D eigenvalue weighted by molar-refractivity contribution is -0.141. The van der Waals surface area contributed by atoms with Crippen LogP contribution in [0.1, 0.15) is 41.7 Å². The van der Waals surface area contributed by atoms with Crippen LogP contribution in [-0.2, 0) is 11.0 Å². The molecule has 154 valence electrons. The van der Waals surface area contributed by atoms with Crippen molar-refractivity contribution in [2.75, 3.05) is 13.1 Å². The fraction of sp³-hybridized carbons (Fsp3) is 0.588. The maximum absolute atomic E-state index is 12.6. The van der Waals surface area contributed by atoms with Crippen molar-refractivity contribution in [3.63, 3.8) is 0 Å². The third-order valence-electron chi connectivity index (χ3n) is 5.27. The summed E-state index contributed by atoms with van der Waals surface area (Å²) in [5.41, 5.74) is 3.52. The van der Waals surface area contributed by atoms with E-state index in [1.807, 2.05) is 0 Å². The van der Waals surface area contributed by atoms with Gasteiger partial charge in [0.05, 0.1) is 6.42 Å². The molecule has 2 saturated heterocycles. The normalized spacial score (nSPS) is 23.8. The monoisotopic (exact) mass is 402 g/mol. The number of aromatic nitrogens is 1. The van der Waals surface area contributed by atoms with Crippen molar-refractivity contribution in [3.8, 4) is 0 Å². The molecule has 1 amide bonds. The Morgan fingerprint density at radius 1 is 1.18 bits per heavy atom. The molecule has 2 unspecified atom stereocenters. The minimum absolute atomic E-state index is 0.0253. The van der Waals surface area contributed by atoms with E-state index in [9.17, 15) is 27.6 Å². The number of pyridine rings is 1. The zero-order valence-corrected chi connectivity index (χ0v) is 14.9. The number of amides is 1. The van der Waals surface area contributed by atoms with Crippen LogP contribution in [0.5, 0.6) is 0 Å². The van der Waals surface area contributed by atoms with Crippen molar-refractivity contribution in [3.05, 3.63) is 33.7 Å². The predicted octanol–water partition coefficient (Wildman–Crippen LogP) is 0.956. The average molecular weight is 402 g/mol. The largest absolute Gasteiger partial charge is 0.481 e. The predicted molar refractivity (Wildman–Crippen MR) is 91.4 cm³/mol. The number of rotatable bonds is 4. The van der Waals surface area contributed by atoms with Crippen LogP contribution in [0.3, 0.4) is 0 Å². The number of hydrazine groups is 1. The summed E-state index contributed by atoms with van der Waals surface area (Å²) in [7, 11) is 0. The summed E-state index contributed by atoms with van der Waals surface area (Å²) in [5.74, 6) is -1.22.